The normalized spacial score (nSPS) is 24.0. The van der Waals surface area contributed by atoms with Crippen molar-refractivity contribution in [2.24, 2.45) is 0 Å². The molecule has 0 saturated carbocycles. The van der Waals surface area contributed by atoms with Crippen molar-refractivity contribution in [3.63, 3.8) is 0 Å². The van der Waals surface area contributed by atoms with Gasteiger partial charge in [0.15, 0.2) is 0 Å². The molecule has 0 spiro atoms. The van der Waals surface area contributed by atoms with Gasteiger partial charge < -0.3 is 19.6 Å². The van der Waals surface area contributed by atoms with Gasteiger partial charge in [0.1, 0.15) is 11.4 Å². The zero-order valence-corrected chi connectivity index (χ0v) is 14.1. The number of amides is 2. The molecule has 0 unspecified atom stereocenters. The fourth-order valence-electron chi connectivity index (χ4n) is 3.47. The second kappa shape index (κ2) is 7.49. The smallest absolute Gasteiger partial charge is 0.242 e. The molecule has 0 aliphatic carbocycles. The highest BCUT2D eigenvalue weighted by Crippen LogP contribution is 2.24. The standard InChI is InChI=1S/C18H23FN2O4/c19-15-4-1-3-14(9-15)10-18(13-22)12-21(7-8-25-18)17(24)11-20-6-2-5-16(20)23/h1,3-4,9,22H,2,5-8,10-13H2/t18-/m1/s1. The Hall–Kier alpha value is -1.99. The third kappa shape index (κ3) is 4.16. The van der Waals surface area contributed by atoms with Crippen molar-refractivity contribution in [1.82, 2.24) is 9.80 Å². The Labute approximate surface area is 146 Å². The number of hydrogen-bond donors (Lipinski definition) is 1. The number of halogens is 1. The van der Waals surface area contributed by atoms with E-state index in [1.54, 1.807) is 21.9 Å². The van der Waals surface area contributed by atoms with E-state index >= 15 is 0 Å². The summed E-state index contributed by atoms with van der Waals surface area (Å²) in [6.07, 6.45) is 1.60. The zero-order valence-electron chi connectivity index (χ0n) is 14.1. The highest BCUT2D eigenvalue weighted by molar-refractivity contribution is 5.86. The molecule has 2 aliphatic heterocycles. The Kier molecular flexibility index (Phi) is 5.34. The van der Waals surface area contributed by atoms with E-state index in [1.807, 2.05) is 0 Å². The van der Waals surface area contributed by atoms with Gasteiger partial charge in [-0.15, -0.1) is 0 Å². The first-order valence-corrected chi connectivity index (χ1v) is 8.56. The third-order valence-electron chi connectivity index (χ3n) is 4.80. The number of rotatable bonds is 5. The molecule has 2 aliphatic rings. The fourth-order valence-corrected chi connectivity index (χ4v) is 3.47. The molecule has 2 saturated heterocycles. The summed E-state index contributed by atoms with van der Waals surface area (Å²) in [6.45, 7) is 1.36. The van der Waals surface area contributed by atoms with E-state index in [0.29, 0.717) is 38.1 Å². The molecule has 1 atom stereocenters. The van der Waals surface area contributed by atoms with Gasteiger partial charge in [-0.25, -0.2) is 4.39 Å². The molecule has 25 heavy (non-hydrogen) atoms. The number of aliphatic hydroxyl groups excluding tert-OH is 1. The largest absolute Gasteiger partial charge is 0.393 e. The van der Waals surface area contributed by atoms with Crippen LogP contribution in [0.3, 0.4) is 0 Å². The summed E-state index contributed by atoms with van der Waals surface area (Å²) in [4.78, 5) is 27.5. The molecule has 0 bridgehead atoms. The number of carbonyl (C=O) groups is 2. The Morgan fingerprint density at radius 3 is 2.88 bits per heavy atom. The van der Waals surface area contributed by atoms with Gasteiger partial charge >= 0.3 is 0 Å². The SMILES string of the molecule is O=C1CCCN1CC(=O)N1CCO[C@](CO)(Cc2cccc(F)c2)C1. The van der Waals surface area contributed by atoms with Gasteiger partial charge in [0.05, 0.1) is 26.3 Å². The lowest BCUT2D eigenvalue weighted by Crippen LogP contribution is -2.58. The van der Waals surface area contributed by atoms with Gasteiger partial charge in [0.25, 0.3) is 0 Å². The minimum atomic E-state index is -0.948. The average molecular weight is 350 g/mol. The van der Waals surface area contributed by atoms with Gasteiger partial charge in [0, 0.05) is 25.9 Å². The summed E-state index contributed by atoms with van der Waals surface area (Å²) in [5.41, 5.74) is -0.241. The van der Waals surface area contributed by atoms with Crippen LogP contribution in [0.15, 0.2) is 24.3 Å². The van der Waals surface area contributed by atoms with Gasteiger partial charge in [0.2, 0.25) is 11.8 Å². The Bertz CT molecular complexity index is 654. The van der Waals surface area contributed by atoms with Crippen molar-refractivity contribution in [1.29, 1.82) is 0 Å². The number of carbonyl (C=O) groups excluding carboxylic acids is 2. The van der Waals surface area contributed by atoms with Crippen LogP contribution in [0.4, 0.5) is 4.39 Å². The maximum atomic E-state index is 13.4. The van der Waals surface area contributed by atoms with E-state index in [-0.39, 0.29) is 37.3 Å². The van der Waals surface area contributed by atoms with E-state index in [1.165, 1.54) is 12.1 Å². The molecule has 3 rings (SSSR count). The summed E-state index contributed by atoms with van der Waals surface area (Å²) in [5.74, 6) is -0.479. The predicted octanol–water partition coefficient (Wildman–Crippen LogP) is 0.581. The summed E-state index contributed by atoms with van der Waals surface area (Å²) < 4.78 is 19.2. The van der Waals surface area contributed by atoms with Crippen molar-refractivity contribution in [3.05, 3.63) is 35.6 Å². The van der Waals surface area contributed by atoms with Crippen molar-refractivity contribution in [2.75, 3.05) is 39.4 Å². The summed E-state index contributed by atoms with van der Waals surface area (Å²) in [5, 5.41) is 9.88. The maximum absolute atomic E-state index is 13.4. The molecule has 0 aromatic heterocycles. The van der Waals surface area contributed by atoms with E-state index in [4.69, 9.17) is 4.74 Å². The van der Waals surface area contributed by atoms with Crippen LogP contribution in [0.25, 0.3) is 0 Å². The number of likely N-dealkylation sites (tertiary alicyclic amines) is 1. The van der Waals surface area contributed by atoms with E-state index < -0.39 is 5.60 Å². The van der Waals surface area contributed by atoms with Crippen LogP contribution < -0.4 is 0 Å². The first kappa shape index (κ1) is 17.8. The number of ether oxygens (including phenoxy) is 1. The first-order valence-electron chi connectivity index (χ1n) is 8.56. The van der Waals surface area contributed by atoms with Crippen LogP contribution in [0.2, 0.25) is 0 Å². The van der Waals surface area contributed by atoms with Crippen LogP contribution in [-0.2, 0) is 20.7 Å². The van der Waals surface area contributed by atoms with E-state index in [0.717, 1.165) is 6.42 Å². The molecule has 1 aromatic carbocycles. The molecule has 136 valence electrons. The van der Waals surface area contributed by atoms with Gasteiger partial charge in [-0.3, -0.25) is 9.59 Å². The van der Waals surface area contributed by atoms with Crippen LogP contribution in [0.1, 0.15) is 18.4 Å². The van der Waals surface area contributed by atoms with E-state index in [9.17, 15) is 19.1 Å². The molecular weight excluding hydrogens is 327 g/mol. The van der Waals surface area contributed by atoms with Crippen molar-refractivity contribution < 1.29 is 23.8 Å². The van der Waals surface area contributed by atoms with Gasteiger partial charge in [-0.1, -0.05) is 12.1 Å². The van der Waals surface area contributed by atoms with Crippen LogP contribution in [0.5, 0.6) is 0 Å². The Morgan fingerprint density at radius 2 is 2.20 bits per heavy atom. The predicted molar refractivity (Wildman–Crippen MR) is 88.3 cm³/mol. The van der Waals surface area contributed by atoms with E-state index in [2.05, 4.69) is 0 Å². The van der Waals surface area contributed by atoms with Crippen LogP contribution in [-0.4, -0.2) is 71.7 Å². The number of morpholine rings is 1. The first-order chi connectivity index (χ1) is 12.0. The highest BCUT2D eigenvalue weighted by atomic mass is 19.1. The zero-order chi connectivity index (χ0) is 17.9. The number of benzene rings is 1. The maximum Gasteiger partial charge on any atom is 0.242 e. The number of nitrogens with zero attached hydrogens (tertiary/aromatic N) is 2. The van der Waals surface area contributed by atoms with Crippen molar-refractivity contribution in [2.45, 2.75) is 24.9 Å². The molecular formula is C18H23FN2O4. The third-order valence-corrected chi connectivity index (χ3v) is 4.80. The van der Waals surface area contributed by atoms with Crippen LogP contribution in [0, 0.1) is 5.82 Å². The lowest BCUT2D eigenvalue weighted by atomic mass is 9.93. The second-order valence-corrected chi connectivity index (χ2v) is 6.73. The van der Waals surface area contributed by atoms with Gasteiger partial charge in [-0.2, -0.15) is 0 Å². The minimum Gasteiger partial charge on any atom is -0.393 e. The number of hydrogen-bond acceptors (Lipinski definition) is 4. The monoisotopic (exact) mass is 350 g/mol. The average Bonchev–Trinajstić information content (AvgIpc) is 3.00. The quantitative estimate of drug-likeness (QED) is 0.843. The number of aliphatic hydroxyl groups is 1. The summed E-state index contributed by atoms with van der Waals surface area (Å²) in [7, 11) is 0. The minimum absolute atomic E-state index is 0.00907. The molecule has 7 heteroatoms. The molecule has 0 radical (unpaired) electrons. The second-order valence-electron chi connectivity index (χ2n) is 6.73. The summed E-state index contributed by atoms with van der Waals surface area (Å²) in [6, 6.07) is 6.15. The Balaban J connectivity index is 1.67. The fraction of sp³-hybridized carbons (Fsp3) is 0.556. The molecule has 6 nitrogen and oxygen atoms in total. The molecule has 1 aromatic rings. The Morgan fingerprint density at radius 1 is 1.36 bits per heavy atom. The molecule has 2 fully saturated rings. The van der Waals surface area contributed by atoms with Crippen LogP contribution >= 0.6 is 0 Å². The van der Waals surface area contributed by atoms with Crippen molar-refractivity contribution >= 4 is 11.8 Å². The molecule has 1 N–H and O–H groups in total. The van der Waals surface area contributed by atoms with Crippen molar-refractivity contribution in [3.8, 4) is 0 Å². The van der Waals surface area contributed by atoms with Gasteiger partial charge in [-0.05, 0) is 24.1 Å². The molecule has 2 amide bonds. The highest BCUT2D eigenvalue weighted by Gasteiger charge is 2.39. The lowest BCUT2D eigenvalue weighted by Gasteiger charge is -2.42. The molecule has 2 heterocycles. The summed E-state index contributed by atoms with van der Waals surface area (Å²) >= 11 is 0. The topological polar surface area (TPSA) is 70.1 Å². The lowest BCUT2D eigenvalue weighted by molar-refractivity contribution is -0.159.